The summed E-state index contributed by atoms with van der Waals surface area (Å²) in [6.07, 6.45) is 2.80. The van der Waals surface area contributed by atoms with Crippen molar-refractivity contribution in [2.75, 3.05) is 13.2 Å². The number of nitrogens with zero attached hydrogens (tertiary/aromatic N) is 3. The highest BCUT2D eigenvalue weighted by molar-refractivity contribution is 8.00. The van der Waals surface area contributed by atoms with Crippen LogP contribution in [0.4, 0.5) is 8.78 Å². The molecule has 8 heteroatoms. The lowest BCUT2D eigenvalue weighted by molar-refractivity contribution is 0.0105. The lowest BCUT2D eigenvalue weighted by Gasteiger charge is -2.38. The van der Waals surface area contributed by atoms with E-state index in [2.05, 4.69) is 10.1 Å². The number of aromatic nitrogens is 3. The Balaban J connectivity index is 1.93. The molecule has 1 aliphatic heterocycles. The zero-order valence-corrected chi connectivity index (χ0v) is 13.3. The Kier molecular flexibility index (Phi) is 4.65. The molecule has 2 atom stereocenters. The van der Waals surface area contributed by atoms with Gasteiger partial charge in [0.2, 0.25) is 0 Å². The number of benzene rings is 1. The second kappa shape index (κ2) is 6.54. The lowest BCUT2D eigenvalue weighted by atomic mass is 9.90. The number of hydrogen-bond acceptors (Lipinski definition) is 5. The van der Waals surface area contributed by atoms with Crippen LogP contribution >= 0.6 is 11.8 Å². The summed E-state index contributed by atoms with van der Waals surface area (Å²) in [7, 11) is 0. The Labute approximate surface area is 136 Å². The van der Waals surface area contributed by atoms with Crippen molar-refractivity contribution in [3.05, 3.63) is 48.1 Å². The molecule has 0 spiro atoms. The molecule has 1 saturated heterocycles. The van der Waals surface area contributed by atoms with Crippen molar-refractivity contribution in [1.82, 2.24) is 14.8 Å². The Hall–Kier alpha value is -1.51. The van der Waals surface area contributed by atoms with Crippen LogP contribution in [0.1, 0.15) is 12.5 Å². The first kappa shape index (κ1) is 16.4. The van der Waals surface area contributed by atoms with Gasteiger partial charge < -0.3 is 9.84 Å². The van der Waals surface area contributed by atoms with E-state index in [0.717, 1.165) is 12.1 Å². The molecule has 2 aromatic rings. The Morgan fingerprint density at radius 1 is 1.48 bits per heavy atom. The average Bonchev–Trinajstić information content (AvgIpc) is 2.95. The molecule has 3 rings (SSSR count). The first-order valence-corrected chi connectivity index (χ1v) is 8.17. The summed E-state index contributed by atoms with van der Waals surface area (Å²) in [5.41, 5.74) is -1.50. The first-order chi connectivity index (χ1) is 11.0. The summed E-state index contributed by atoms with van der Waals surface area (Å²) in [4.78, 5) is 3.84. The van der Waals surface area contributed by atoms with Gasteiger partial charge in [0.1, 0.15) is 29.9 Å². The van der Waals surface area contributed by atoms with Gasteiger partial charge in [0.05, 0.1) is 25.0 Å². The van der Waals surface area contributed by atoms with Crippen molar-refractivity contribution in [3.8, 4) is 0 Å². The fourth-order valence-corrected chi connectivity index (χ4v) is 3.88. The van der Waals surface area contributed by atoms with Gasteiger partial charge >= 0.3 is 0 Å². The minimum atomic E-state index is -1.55. The van der Waals surface area contributed by atoms with Crippen LogP contribution in [0.3, 0.4) is 0 Å². The van der Waals surface area contributed by atoms with Crippen LogP contribution in [0.5, 0.6) is 0 Å². The molecule has 124 valence electrons. The zero-order chi connectivity index (χ0) is 16.4. The fraction of sp³-hybridized carbons (Fsp3) is 0.467. The summed E-state index contributed by atoms with van der Waals surface area (Å²) in [6, 6.07) is 3.22. The van der Waals surface area contributed by atoms with Crippen molar-refractivity contribution >= 4 is 11.8 Å². The van der Waals surface area contributed by atoms with Crippen LogP contribution < -0.4 is 0 Å². The quantitative estimate of drug-likeness (QED) is 0.870. The summed E-state index contributed by atoms with van der Waals surface area (Å²) in [5.74, 6) is -1.45. The van der Waals surface area contributed by atoms with E-state index in [1.54, 1.807) is 0 Å². The molecule has 23 heavy (non-hydrogen) atoms. The van der Waals surface area contributed by atoms with Crippen LogP contribution in [0.15, 0.2) is 30.9 Å². The fourth-order valence-electron chi connectivity index (χ4n) is 2.53. The normalized spacial score (nSPS) is 19.1. The average molecular weight is 341 g/mol. The molecule has 1 aromatic carbocycles. The van der Waals surface area contributed by atoms with Crippen LogP contribution in [-0.4, -0.2) is 43.6 Å². The van der Waals surface area contributed by atoms with Crippen LogP contribution in [0, 0.1) is 11.6 Å². The molecule has 0 unspecified atom stereocenters. The Morgan fingerprint density at radius 3 is 2.83 bits per heavy atom. The van der Waals surface area contributed by atoms with E-state index in [1.807, 2.05) is 6.92 Å². The van der Waals surface area contributed by atoms with E-state index >= 15 is 0 Å². The summed E-state index contributed by atoms with van der Waals surface area (Å²) < 4.78 is 34.1. The van der Waals surface area contributed by atoms with Crippen molar-refractivity contribution < 1.29 is 18.6 Å². The molecule has 1 N–H and O–H groups in total. The van der Waals surface area contributed by atoms with Gasteiger partial charge in [-0.3, -0.25) is 0 Å². The molecule has 2 heterocycles. The Bertz CT molecular complexity index is 667. The van der Waals surface area contributed by atoms with Crippen molar-refractivity contribution in [1.29, 1.82) is 0 Å². The first-order valence-electron chi connectivity index (χ1n) is 7.22. The molecule has 1 aromatic heterocycles. The van der Waals surface area contributed by atoms with E-state index in [0.29, 0.717) is 13.2 Å². The van der Waals surface area contributed by atoms with Crippen molar-refractivity contribution in [2.24, 2.45) is 0 Å². The van der Waals surface area contributed by atoms with Crippen LogP contribution in [0.25, 0.3) is 0 Å². The molecule has 1 fully saturated rings. The molecular formula is C15H17F2N3O2S. The van der Waals surface area contributed by atoms with Gasteiger partial charge in [-0.15, -0.1) is 11.8 Å². The molecule has 0 amide bonds. The van der Waals surface area contributed by atoms with E-state index in [4.69, 9.17) is 4.74 Å². The number of rotatable bonds is 6. The molecule has 0 saturated carbocycles. The number of halogens is 2. The van der Waals surface area contributed by atoms with E-state index < -0.39 is 17.2 Å². The topological polar surface area (TPSA) is 60.2 Å². The highest BCUT2D eigenvalue weighted by Crippen LogP contribution is 2.39. The van der Waals surface area contributed by atoms with Crippen LogP contribution in [-0.2, 0) is 16.9 Å². The van der Waals surface area contributed by atoms with Crippen LogP contribution in [0.2, 0.25) is 0 Å². The van der Waals surface area contributed by atoms with Gasteiger partial charge in [0, 0.05) is 16.9 Å². The smallest absolute Gasteiger partial charge is 0.137 e. The molecular weight excluding hydrogens is 324 g/mol. The number of aliphatic hydroxyl groups is 1. The third kappa shape index (κ3) is 3.39. The predicted molar refractivity (Wildman–Crippen MR) is 81.9 cm³/mol. The van der Waals surface area contributed by atoms with Gasteiger partial charge in [-0.25, -0.2) is 18.4 Å². The standard InChI is InChI=1S/C15H17F2N3O2S/c1-10(23-12-5-22-6-12)15(21,7-20-9-18-8-19-20)13-3-2-11(16)4-14(13)17/h2-4,8-10,12,21H,5-7H2,1H3/t10-,15-/m1/s1. The van der Waals surface area contributed by atoms with Gasteiger partial charge in [-0.2, -0.15) is 5.10 Å². The third-order valence-electron chi connectivity index (χ3n) is 3.94. The molecule has 0 bridgehead atoms. The maximum absolute atomic E-state index is 14.3. The van der Waals surface area contributed by atoms with Gasteiger partial charge in [0.25, 0.3) is 0 Å². The molecule has 0 radical (unpaired) electrons. The minimum absolute atomic E-state index is 0.0251. The summed E-state index contributed by atoms with van der Waals surface area (Å²) in [6.45, 7) is 3.07. The van der Waals surface area contributed by atoms with Crippen molar-refractivity contribution in [3.63, 3.8) is 0 Å². The van der Waals surface area contributed by atoms with Gasteiger partial charge in [-0.05, 0) is 6.07 Å². The Morgan fingerprint density at radius 2 is 2.26 bits per heavy atom. The van der Waals surface area contributed by atoms with Crippen molar-refractivity contribution in [2.45, 2.75) is 29.6 Å². The second-order valence-electron chi connectivity index (χ2n) is 5.58. The van der Waals surface area contributed by atoms with E-state index in [-0.39, 0.29) is 22.6 Å². The van der Waals surface area contributed by atoms with E-state index in [1.165, 1.54) is 35.2 Å². The maximum Gasteiger partial charge on any atom is 0.137 e. The predicted octanol–water partition coefficient (Wildman–Crippen LogP) is 1.96. The number of thioether (sulfide) groups is 1. The molecule has 1 aliphatic rings. The number of ether oxygens (including phenoxy) is 1. The SMILES string of the molecule is C[C@@H](SC1COC1)[C@](O)(Cn1cncn1)c1ccc(F)cc1F. The number of hydrogen-bond donors (Lipinski definition) is 1. The molecule has 5 nitrogen and oxygen atoms in total. The maximum atomic E-state index is 14.3. The van der Waals surface area contributed by atoms with Gasteiger partial charge in [0.15, 0.2) is 0 Å². The lowest BCUT2D eigenvalue weighted by Crippen LogP contribution is -2.44. The zero-order valence-electron chi connectivity index (χ0n) is 12.5. The summed E-state index contributed by atoms with van der Waals surface area (Å²) >= 11 is 1.53. The third-order valence-corrected chi connectivity index (χ3v) is 5.40. The van der Waals surface area contributed by atoms with E-state index in [9.17, 15) is 13.9 Å². The highest BCUT2D eigenvalue weighted by Gasteiger charge is 2.41. The largest absolute Gasteiger partial charge is 0.382 e. The summed E-state index contributed by atoms with van der Waals surface area (Å²) in [5, 5.41) is 15.1. The van der Waals surface area contributed by atoms with Gasteiger partial charge in [-0.1, -0.05) is 13.0 Å². The monoisotopic (exact) mass is 341 g/mol. The highest BCUT2D eigenvalue weighted by atomic mass is 32.2. The second-order valence-corrected chi connectivity index (χ2v) is 7.23. The minimum Gasteiger partial charge on any atom is -0.382 e. The molecule has 0 aliphatic carbocycles.